The number of halogens is 2. The topological polar surface area (TPSA) is 55.2 Å². The van der Waals surface area contributed by atoms with Crippen LogP contribution in [0.25, 0.3) is 16.6 Å². The van der Waals surface area contributed by atoms with Crippen molar-refractivity contribution in [2.75, 3.05) is 6.54 Å². The van der Waals surface area contributed by atoms with Gasteiger partial charge in [0.05, 0.1) is 27.7 Å². The van der Waals surface area contributed by atoms with Crippen LogP contribution in [0.2, 0.25) is 5.02 Å². The standard InChI is InChI=1S/C27H33ClFN3O2/c1-5-7-12-25(33)31(16-15-18(3)4)24(6-2)26-30-23-11-9-8-10-20(23)27(34)32(26)19-13-14-22(29)21(28)17-19/h8-11,13-14,17-18,24H,5-7,12,15-16H2,1-4H3. The lowest BCUT2D eigenvalue weighted by atomic mass is 10.1. The molecule has 2 aromatic carbocycles. The molecule has 0 saturated carbocycles. The Morgan fingerprint density at radius 3 is 2.56 bits per heavy atom. The molecule has 1 atom stereocenters. The normalized spacial score (nSPS) is 12.3. The predicted octanol–water partition coefficient (Wildman–Crippen LogP) is 6.69. The number of rotatable bonds is 10. The monoisotopic (exact) mass is 485 g/mol. The molecular weight excluding hydrogens is 453 g/mol. The Balaban J connectivity index is 2.25. The first-order valence-corrected chi connectivity index (χ1v) is 12.4. The number of hydrogen-bond acceptors (Lipinski definition) is 3. The summed E-state index contributed by atoms with van der Waals surface area (Å²) in [6, 6.07) is 10.9. The molecule has 0 aliphatic heterocycles. The Morgan fingerprint density at radius 1 is 1.18 bits per heavy atom. The van der Waals surface area contributed by atoms with E-state index in [-0.39, 0.29) is 16.5 Å². The minimum Gasteiger partial charge on any atom is -0.332 e. The molecule has 3 rings (SSSR count). The third kappa shape index (κ3) is 5.66. The summed E-state index contributed by atoms with van der Waals surface area (Å²) in [5.74, 6) is 0.374. The molecule has 0 aliphatic carbocycles. The number of amides is 1. The molecule has 0 N–H and O–H groups in total. The van der Waals surface area contributed by atoms with Gasteiger partial charge in [-0.2, -0.15) is 0 Å². The number of unbranched alkanes of at least 4 members (excludes halogenated alkanes) is 1. The van der Waals surface area contributed by atoms with Crippen LogP contribution in [0.15, 0.2) is 47.3 Å². The minimum absolute atomic E-state index is 0.0560. The first-order valence-electron chi connectivity index (χ1n) is 12.0. The van der Waals surface area contributed by atoms with E-state index in [4.69, 9.17) is 16.6 Å². The van der Waals surface area contributed by atoms with Crippen molar-refractivity contribution in [3.8, 4) is 5.69 Å². The molecule has 0 bridgehead atoms. The average molecular weight is 486 g/mol. The van der Waals surface area contributed by atoms with Crippen LogP contribution in [-0.2, 0) is 4.79 Å². The second-order valence-electron chi connectivity index (χ2n) is 9.02. The van der Waals surface area contributed by atoms with Crippen molar-refractivity contribution in [3.05, 3.63) is 69.5 Å². The van der Waals surface area contributed by atoms with Crippen LogP contribution in [-0.4, -0.2) is 26.9 Å². The van der Waals surface area contributed by atoms with Crippen molar-refractivity contribution in [2.24, 2.45) is 5.92 Å². The van der Waals surface area contributed by atoms with Crippen molar-refractivity contribution in [3.63, 3.8) is 0 Å². The van der Waals surface area contributed by atoms with Crippen LogP contribution in [0.3, 0.4) is 0 Å². The van der Waals surface area contributed by atoms with Crippen molar-refractivity contribution >= 4 is 28.4 Å². The summed E-state index contributed by atoms with van der Waals surface area (Å²) in [5, 5.41) is 0.375. The van der Waals surface area contributed by atoms with Crippen molar-refractivity contribution in [2.45, 2.75) is 65.8 Å². The van der Waals surface area contributed by atoms with Crippen LogP contribution in [0.5, 0.6) is 0 Å². The molecular formula is C27H33ClFN3O2. The summed E-state index contributed by atoms with van der Waals surface area (Å²) in [6.07, 6.45) is 3.60. The minimum atomic E-state index is -0.561. The Bertz CT molecular complexity index is 1210. The van der Waals surface area contributed by atoms with Gasteiger partial charge in [-0.15, -0.1) is 0 Å². The Hall–Kier alpha value is -2.73. The SMILES string of the molecule is CCCCC(=O)N(CCC(C)C)C(CC)c1nc2ccccc2c(=O)n1-c1ccc(F)c(Cl)c1. The second kappa shape index (κ2) is 11.6. The second-order valence-corrected chi connectivity index (χ2v) is 9.43. The molecule has 34 heavy (non-hydrogen) atoms. The first kappa shape index (κ1) is 25.9. The highest BCUT2D eigenvalue weighted by atomic mass is 35.5. The maximum absolute atomic E-state index is 13.9. The number of benzene rings is 2. The van der Waals surface area contributed by atoms with E-state index in [1.165, 1.54) is 22.8 Å². The Kier molecular flexibility index (Phi) is 8.84. The van der Waals surface area contributed by atoms with Gasteiger partial charge < -0.3 is 4.90 Å². The number of para-hydroxylation sites is 1. The Labute approximate surface area is 205 Å². The van der Waals surface area contributed by atoms with Crippen molar-refractivity contribution in [1.29, 1.82) is 0 Å². The third-order valence-electron chi connectivity index (χ3n) is 6.04. The van der Waals surface area contributed by atoms with Gasteiger partial charge in [-0.05, 0) is 55.5 Å². The summed E-state index contributed by atoms with van der Waals surface area (Å²) in [5.41, 5.74) is 0.717. The largest absolute Gasteiger partial charge is 0.332 e. The molecule has 0 spiro atoms. The zero-order chi connectivity index (χ0) is 24.8. The lowest BCUT2D eigenvalue weighted by molar-refractivity contribution is -0.134. The summed E-state index contributed by atoms with van der Waals surface area (Å²) < 4.78 is 15.4. The van der Waals surface area contributed by atoms with Crippen molar-refractivity contribution in [1.82, 2.24) is 14.5 Å². The maximum Gasteiger partial charge on any atom is 0.266 e. The zero-order valence-corrected chi connectivity index (χ0v) is 21.1. The summed E-state index contributed by atoms with van der Waals surface area (Å²) in [6.45, 7) is 8.87. The molecule has 1 heterocycles. The molecule has 182 valence electrons. The Morgan fingerprint density at radius 2 is 1.91 bits per heavy atom. The fourth-order valence-corrected chi connectivity index (χ4v) is 4.29. The zero-order valence-electron chi connectivity index (χ0n) is 20.4. The van der Waals surface area contributed by atoms with E-state index in [1.54, 1.807) is 18.2 Å². The van der Waals surface area contributed by atoms with E-state index in [0.29, 0.717) is 47.7 Å². The molecule has 1 unspecified atom stereocenters. The van der Waals surface area contributed by atoms with E-state index in [0.717, 1.165) is 19.3 Å². The van der Waals surface area contributed by atoms with E-state index in [9.17, 15) is 14.0 Å². The maximum atomic E-state index is 13.9. The average Bonchev–Trinajstić information content (AvgIpc) is 2.82. The van der Waals surface area contributed by atoms with Crippen molar-refractivity contribution < 1.29 is 9.18 Å². The van der Waals surface area contributed by atoms with Gasteiger partial charge in [-0.3, -0.25) is 14.2 Å². The lowest BCUT2D eigenvalue weighted by Crippen LogP contribution is -2.39. The number of aromatic nitrogens is 2. The number of nitrogens with zero attached hydrogens (tertiary/aromatic N) is 3. The number of fused-ring (bicyclic) bond motifs is 1. The van der Waals surface area contributed by atoms with Gasteiger partial charge in [-0.1, -0.05) is 57.8 Å². The van der Waals surface area contributed by atoms with E-state index < -0.39 is 11.9 Å². The highest BCUT2D eigenvalue weighted by Crippen LogP contribution is 2.29. The molecule has 1 aromatic heterocycles. The molecule has 1 amide bonds. The first-order chi connectivity index (χ1) is 16.3. The molecule has 0 radical (unpaired) electrons. The van der Waals surface area contributed by atoms with Gasteiger partial charge in [0, 0.05) is 13.0 Å². The highest BCUT2D eigenvalue weighted by Gasteiger charge is 2.29. The molecule has 0 saturated heterocycles. The molecule has 3 aromatic rings. The van der Waals surface area contributed by atoms with Crippen LogP contribution in [0.4, 0.5) is 4.39 Å². The highest BCUT2D eigenvalue weighted by molar-refractivity contribution is 6.30. The van der Waals surface area contributed by atoms with Gasteiger partial charge in [0.25, 0.3) is 5.56 Å². The van der Waals surface area contributed by atoms with Crippen LogP contribution in [0.1, 0.15) is 71.7 Å². The van der Waals surface area contributed by atoms with Gasteiger partial charge in [0.15, 0.2) is 0 Å². The van der Waals surface area contributed by atoms with Gasteiger partial charge in [-0.25, -0.2) is 9.37 Å². The summed E-state index contributed by atoms with van der Waals surface area (Å²) in [4.78, 5) is 33.8. The fraction of sp³-hybridized carbons (Fsp3) is 0.444. The van der Waals surface area contributed by atoms with E-state index in [1.807, 2.05) is 17.9 Å². The van der Waals surface area contributed by atoms with Crippen LogP contribution in [0, 0.1) is 11.7 Å². The van der Waals surface area contributed by atoms with Crippen LogP contribution < -0.4 is 5.56 Å². The molecule has 5 nitrogen and oxygen atoms in total. The van der Waals surface area contributed by atoms with E-state index in [2.05, 4.69) is 20.8 Å². The van der Waals surface area contributed by atoms with Crippen LogP contribution >= 0.6 is 11.6 Å². The lowest BCUT2D eigenvalue weighted by Gasteiger charge is -2.33. The van der Waals surface area contributed by atoms with Gasteiger partial charge in [0.1, 0.15) is 11.6 Å². The van der Waals surface area contributed by atoms with Gasteiger partial charge in [0.2, 0.25) is 5.91 Å². The van der Waals surface area contributed by atoms with E-state index >= 15 is 0 Å². The number of carbonyl (C=O) groups is 1. The summed E-state index contributed by atoms with van der Waals surface area (Å²) in [7, 11) is 0. The third-order valence-corrected chi connectivity index (χ3v) is 6.33. The summed E-state index contributed by atoms with van der Waals surface area (Å²) >= 11 is 6.08. The molecule has 7 heteroatoms. The van der Waals surface area contributed by atoms with Gasteiger partial charge >= 0.3 is 0 Å². The molecule has 0 aliphatic rings. The number of carbonyl (C=O) groups excluding carboxylic acids is 1. The smallest absolute Gasteiger partial charge is 0.266 e. The fourth-order valence-electron chi connectivity index (χ4n) is 4.11. The quantitative estimate of drug-likeness (QED) is 0.321. The predicted molar refractivity (Wildman–Crippen MR) is 136 cm³/mol. The molecule has 0 fully saturated rings. The number of hydrogen-bond donors (Lipinski definition) is 0.